The Hall–Kier alpha value is -2.00. The summed E-state index contributed by atoms with van der Waals surface area (Å²) in [6, 6.07) is 8.68. The van der Waals surface area contributed by atoms with Gasteiger partial charge in [-0.2, -0.15) is 0 Å². The first-order valence-corrected chi connectivity index (χ1v) is 4.51. The Morgan fingerprint density at radius 1 is 1.53 bits per heavy atom. The number of hydrogen-bond acceptors (Lipinski definition) is 3. The molecule has 1 rings (SSSR count). The van der Waals surface area contributed by atoms with Crippen LogP contribution in [0.25, 0.3) is 10.4 Å². The van der Waals surface area contributed by atoms with Gasteiger partial charge >= 0.3 is 5.97 Å². The monoisotopic (exact) mass is 205 g/mol. The number of ether oxygens (including phenoxy) is 1. The Bertz CT molecular complexity index is 372. The highest BCUT2D eigenvalue weighted by atomic mass is 16.5. The van der Waals surface area contributed by atoms with Gasteiger partial charge in [-0.05, 0) is 24.6 Å². The minimum Gasteiger partial charge on any atom is -0.459 e. The molecule has 0 saturated heterocycles. The van der Waals surface area contributed by atoms with Gasteiger partial charge in [0.2, 0.25) is 0 Å². The van der Waals surface area contributed by atoms with E-state index in [0.717, 1.165) is 0 Å². The van der Waals surface area contributed by atoms with Crippen molar-refractivity contribution >= 4 is 5.97 Å². The van der Waals surface area contributed by atoms with Gasteiger partial charge in [0.15, 0.2) is 0 Å². The molecule has 0 heterocycles. The standard InChI is InChI=1S/C10H11N3O2/c1-8(7-12-13-11)15-10(14)9-5-3-2-4-6-9/h2-6,8H,7H2,1H3. The fraction of sp³-hybridized carbons (Fsp3) is 0.300. The van der Waals surface area contributed by atoms with E-state index in [0.29, 0.717) is 5.56 Å². The molecule has 0 aliphatic rings. The number of benzene rings is 1. The number of nitrogens with zero attached hydrogens (tertiary/aromatic N) is 3. The largest absolute Gasteiger partial charge is 0.459 e. The lowest BCUT2D eigenvalue weighted by atomic mass is 10.2. The summed E-state index contributed by atoms with van der Waals surface area (Å²) in [7, 11) is 0. The predicted molar refractivity (Wildman–Crippen MR) is 55.3 cm³/mol. The molecule has 78 valence electrons. The van der Waals surface area contributed by atoms with Crippen LogP contribution in [-0.2, 0) is 4.74 Å². The third kappa shape index (κ3) is 3.70. The number of carbonyl (C=O) groups is 1. The molecule has 0 spiro atoms. The molecule has 0 fully saturated rings. The van der Waals surface area contributed by atoms with Crippen molar-refractivity contribution in [2.75, 3.05) is 6.54 Å². The zero-order chi connectivity index (χ0) is 11.1. The van der Waals surface area contributed by atoms with Gasteiger partial charge < -0.3 is 4.74 Å². The molecule has 0 N–H and O–H groups in total. The summed E-state index contributed by atoms with van der Waals surface area (Å²) in [5, 5.41) is 3.32. The van der Waals surface area contributed by atoms with E-state index in [1.165, 1.54) is 0 Å². The van der Waals surface area contributed by atoms with Gasteiger partial charge in [0.1, 0.15) is 6.10 Å². The van der Waals surface area contributed by atoms with E-state index < -0.39 is 12.1 Å². The van der Waals surface area contributed by atoms with E-state index >= 15 is 0 Å². The Kier molecular flexibility index (Phi) is 4.19. The van der Waals surface area contributed by atoms with Crippen LogP contribution in [0, 0.1) is 0 Å². The maximum atomic E-state index is 11.5. The van der Waals surface area contributed by atoms with Crippen LogP contribution in [0.3, 0.4) is 0 Å². The van der Waals surface area contributed by atoms with Crippen LogP contribution >= 0.6 is 0 Å². The first kappa shape index (κ1) is 11.1. The molecule has 5 nitrogen and oxygen atoms in total. The van der Waals surface area contributed by atoms with Gasteiger partial charge in [-0.15, -0.1) is 0 Å². The molecule has 0 radical (unpaired) electrons. The van der Waals surface area contributed by atoms with Gasteiger partial charge in [-0.3, -0.25) is 0 Å². The molecule has 1 unspecified atom stereocenters. The van der Waals surface area contributed by atoms with Crippen LogP contribution in [-0.4, -0.2) is 18.6 Å². The van der Waals surface area contributed by atoms with Crippen molar-refractivity contribution in [2.24, 2.45) is 5.11 Å². The summed E-state index contributed by atoms with van der Waals surface area (Å²) in [4.78, 5) is 14.1. The minimum absolute atomic E-state index is 0.148. The molecule has 0 aromatic heterocycles. The molecule has 0 aliphatic carbocycles. The van der Waals surface area contributed by atoms with Crippen molar-refractivity contribution in [3.05, 3.63) is 46.3 Å². The van der Waals surface area contributed by atoms with Crippen molar-refractivity contribution in [1.29, 1.82) is 0 Å². The Morgan fingerprint density at radius 3 is 2.80 bits per heavy atom. The van der Waals surface area contributed by atoms with Gasteiger partial charge in [-0.1, -0.05) is 23.3 Å². The lowest BCUT2D eigenvalue weighted by molar-refractivity contribution is 0.0359. The topological polar surface area (TPSA) is 75.1 Å². The van der Waals surface area contributed by atoms with E-state index in [4.69, 9.17) is 10.3 Å². The van der Waals surface area contributed by atoms with Crippen LogP contribution in [0.4, 0.5) is 0 Å². The summed E-state index contributed by atoms with van der Waals surface area (Å²) >= 11 is 0. The lowest BCUT2D eigenvalue weighted by Gasteiger charge is -2.09. The molecular formula is C10H11N3O2. The number of hydrogen-bond donors (Lipinski definition) is 0. The molecule has 0 amide bonds. The molecular weight excluding hydrogens is 194 g/mol. The van der Waals surface area contributed by atoms with Crippen molar-refractivity contribution < 1.29 is 9.53 Å². The van der Waals surface area contributed by atoms with Crippen LogP contribution in [0.2, 0.25) is 0 Å². The Balaban J connectivity index is 2.52. The number of esters is 1. The van der Waals surface area contributed by atoms with E-state index in [2.05, 4.69) is 10.0 Å². The molecule has 1 aromatic carbocycles. The number of rotatable bonds is 4. The highest BCUT2D eigenvalue weighted by Gasteiger charge is 2.10. The third-order valence-electron chi connectivity index (χ3n) is 1.72. The van der Waals surface area contributed by atoms with E-state index in [1.54, 1.807) is 31.2 Å². The van der Waals surface area contributed by atoms with Gasteiger partial charge in [0, 0.05) is 4.91 Å². The summed E-state index contributed by atoms with van der Waals surface area (Å²) < 4.78 is 5.03. The first-order chi connectivity index (χ1) is 7.24. The number of carbonyl (C=O) groups excluding carboxylic acids is 1. The molecule has 15 heavy (non-hydrogen) atoms. The zero-order valence-electron chi connectivity index (χ0n) is 8.33. The minimum atomic E-state index is -0.409. The average molecular weight is 205 g/mol. The van der Waals surface area contributed by atoms with Gasteiger partial charge in [-0.25, -0.2) is 4.79 Å². The van der Waals surface area contributed by atoms with Crippen molar-refractivity contribution in [1.82, 2.24) is 0 Å². The van der Waals surface area contributed by atoms with Crippen molar-refractivity contribution in [2.45, 2.75) is 13.0 Å². The van der Waals surface area contributed by atoms with E-state index in [1.807, 2.05) is 6.07 Å². The maximum absolute atomic E-state index is 11.5. The molecule has 5 heteroatoms. The van der Waals surface area contributed by atoms with Crippen LogP contribution in [0.1, 0.15) is 17.3 Å². The van der Waals surface area contributed by atoms with E-state index in [9.17, 15) is 4.79 Å². The second-order valence-corrected chi connectivity index (χ2v) is 3.00. The quantitative estimate of drug-likeness (QED) is 0.328. The molecule has 0 bridgehead atoms. The van der Waals surface area contributed by atoms with E-state index in [-0.39, 0.29) is 6.54 Å². The fourth-order valence-electron chi connectivity index (χ4n) is 1.01. The second kappa shape index (κ2) is 5.67. The molecule has 0 saturated carbocycles. The van der Waals surface area contributed by atoms with Crippen LogP contribution in [0.15, 0.2) is 35.4 Å². The fourth-order valence-corrected chi connectivity index (χ4v) is 1.01. The SMILES string of the molecule is CC(CN=[N+]=[N-])OC(=O)c1ccccc1. The molecule has 0 aliphatic heterocycles. The van der Waals surface area contributed by atoms with Gasteiger partial charge in [0.05, 0.1) is 12.1 Å². The maximum Gasteiger partial charge on any atom is 0.338 e. The van der Waals surface area contributed by atoms with Gasteiger partial charge in [0.25, 0.3) is 0 Å². The predicted octanol–water partition coefficient (Wildman–Crippen LogP) is 2.54. The third-order valence-corrected chi connectivity index (χ3v) is 1.72. The normalized spacial score (nSPS) is 11.3. The average Bonchev–Trinajstić information content (AvgIpc) is 2.27. The molecule has 1 atom stereocenters. The van der Waals surface area contributed by atoms with Crippen LogP contribution in [0.5, 0.6) is 0 Å². The highest BCUT2D eigenvalue weighted by Crippen LogP contribution is 2.03. The number of azide groups is 1. The first-order valence-electron chi connectivity index (χ1n) is 4.51. The lowest BCUT2D eigenvalue weighted by Crippen LogP contribution is -2.17. The van der Waals surface area contributed by atoms with Crippen LogP contribution < -0.4 is 0 Å². The Morgan fingerprint density at radius 2 is 2.20 bits per heavy atom. The summed E-state index contributed by atoms with van der Waals surface area (Å²) in [5.74, 6) is -0.406. The molecule has 1 aromatic rings. The highest BCUT2D eigenvalue weighted by molar-refractivity contribution is 5.89. The Labute approximate surface area is 87.3 Å². The summed E-state index contributed by atoms with van der Waals surface area (Å²) in [5.41, 5.74) is 8.58. The summed E-state index contributed by atoms with van der Waals surface area (Å²) in [6.45, 7) is 1.82. The summed E-state index contributed by atoms with van der Waals surface area (Å²) in [6.07, 6.45) is -0.409. The second-order valence-electron chi connectivity index (χ2n) is 3.00. The zero-order valence-corrected chi connectivity index (χ0v) is 8.33. The van der Waals surface area contributed by atoms with Crippen molar-refractivity contribution in [3.63, 3.8) is 0 Å². The van der Waals surface area contributed by atoms with Crippen molar-refractivity contribution in [3.8, 4) is 0 Å². The smallest absolute Gasteiger partial charge is 0.338 e.